The molecule has 0 saturated carbocycles. The number of amides is 1. The molecule has 0 spiro atoms. The van der Waals surface area contributed by atoms with Gasteiger partial charge in [0.05, 0.1) is 6.54 Å². The van der Waals surface area contributed by atoms with E-state index in [1.807, 2.05) is 26.1 Å². The molecular formula is C11H22F3N3O. The topological polar surface area (TPSA) is 58.4 Å². The van der Waals surface area contributed by atoms with Crippen LogP contribution in [0.2, 0.25) is 0 Å². The van der Waals surface area contributed by atoms with Crippen LogP contribution in [0.3, 0.4) is 0 Å². The van der Waals surface area contributed by atoms with Gasteiger partial charge in [0.25, 0.3) is 0 Å². The van der Waals surface area contributed by atoms with Crippen molar-refractivity contribution < 1.29 is 18.0 Å². The molecule has 7 heteroatoms. The number of nitrogens with one attached hydrogen (secondary N) is 1. The maximum absolute atomic E-state index is 12.0. The molecule has 0 aromatic carbocycles. The van der Waals surface area contributed by atoms with Gasteiger partial charge in [-0.3, -0.25) is 9.69 Å². The van der Waals surface area contributed by atoms with Gasteiger partial charge in [-0.2, -0.15) is 13.2 Å². The van der Waals surface area contributed by atoms with E-state index >= 15 is 0 Å². The SMILES string of the molecule is CCCN(CC(=O)NCC(F)(F)F)C(C)(C)CN. The molecule has 0 aliphatic heterocycles. The minimum Gasteiger partial charge on any atom is -0.346 e. The van der Waals surface area contributed by atoms with Gasteiger partial charge in [0.15, 0.2) is 0 Å². The Morgan fingerprint density at radius 2 is 1.89 bits per heavy atom. The summed E-state index contributed by atoms with van der Waals surface area (Å²) in [7, 11) is 0. The zero-order valence-corrected chi connectivity index (χ0v) is 11.1. The molecule has 0 bridgehead atoms. The van der Waals surface area contributed by atoms with E-state index in [2.05, 4.69) is 0 Å². The van der Waals surface area contributed by atoms with Crippen LogP contribution in [0.25, 0.3) is 0 Å². The lowest BCUT2D eigenvalue weighted by Crippen LogP contribution is -2.53. The van der Waals surface area contributed by atoms with Gasteiger partial charge in [-0.25, -0.2) is 0 Å². The third-order valence-electron chi connectivity index (χ3n) is 2.67. The Hall–Kier alpha value is -0.820. The molecule has 3 N–H and O–H groups in total. The Morgan fingerprint density at radius 3 is 2.28 bits per heavy atom. The lowest BCUT2D eigenvalue weighted by molar-refractivity contribution is -0.139. The van der Waals surface area contributed by atoms with Crippen LogP contribution in [0.15, 0.2) is 0 Å². The molecule has 0 aliphatic carbocycles. The molecule has 0 aliphatic rings. The fourth-order valence-corrected chi connectivity index (χ4v) is 1.42. The zero-order valence-electron chi connectivity index (χ0n) is 11.1. The Morgan fingerprint density at radius 1 is 1.33 bits per heavy atom. The summed E-state index contributed by atoms with van der Waals surface area (Å²) in [5.41, 5.74) is 5.19. The second kappa shape index (κ2) is 6.94. The van der Waals surface area contributed by atoms with Gasteiger partial charge < -0.3 is 11.1 Å². The molecule has 0 rings (SSSR count). The van der Waals surface area contributed by atoms with Crippen LogP contribution in [0.5, 0.6) is 0 Å². The highest BCUT2D eigenvalue weighted by atomic mass is 19.4. The number of nitrogens with zero attached hydrogens (tertiary/aromatic N) is 1. The van der Waals surface area contributed by atoms with Crippen molar-refractivity contribution in [2.24, 2.45) is 5.73 Å². The zero-order chi connectivity index (χ0) is 14.4. The van der Waals surface area contributed by atoms with Crippen molar-refractivity contribution in [3.63, 3.8) is 0 Å². The monoisotopic (exact) mass is 269 g/mol. The lowest BCUT2D eigenvalue weighted by Gasteiger charge is -2.37. The first-order valence-corrected chi connectivity index (χ1v) is 5.91. The second-order valence-corrected chi connectivity index (χ2v) is 4.83. The molecule has 0 unspecified atom stereocenters. The molecule has 0 heterocycles. The summed E-state index contributed by atoms with van der Waals surface area (Å²) in [5, 5.41) is 1.86. The summed E-state index contributed by atoms with van der Waals surface area (Å²) < 4.78 is 35.9. The maximum atomic E-state index is 12.0. The number of alkyl halides is 3. The number of hydrogen-bond donors (Lipinski definition) is 2. The largest absolute Gasteiger partial charge is 0.405 e. The molecule has 18 heavy (non-hydrogen) atoms. The molecule has 4 nitrogen and oxygen atoms in total. The first kappa shape index (κ1) is 17.2. The number of carbonyl (C=O) groups is 1. The normalized spacial score (nSPS) is 12.9. The van der Waals surface area contributed by atoms with E-state index in [1.54, 1.807) is 4.90 Å². The standard InChI is InChI=1S/C11H22F3N3O/c1-4-5-17(10(2,3)7-15)6-9(18)16-8-11(12,13)14/h4-8,15H2,1-3H3,(H,16,18). The number of halogens is 3. The quantitative estimate of drug-likeness (QED) is 0.728. The van der Waals surface area contributed by atoms with Crippen LogP contribution in [-0.4, -0.2) is 48.7 Å². The van der Waals surface area contributed by atoms with Crippen molar-refractivity contribution in [2.45, 2.75) is 38.9 Å². The van der Waals surface area contributed by atoms with Gasteiger partial charge in [-0.05, 0) is 26.8 Å². The highest BCUT2D eigenvalue weighted by Gasteiger charge is 2.30. The third kappa shape index (κ3) is 6.80. The van der Waals surface area contributed by atoms with Gasteiger partial charge in [-0.1, -0.05) is 6.92 Å². The predicted octanol–water partition coefficient (Wildman–Crippen LogP) is 1.11. The smallest absolute Gasteiger partial charge is 0.346 e. The molecular weight excluding hydrogens is 247 g/mol. The van der Waals surface area contributed by atoms with Crippen molar-refractivity contribution in [3.05, 3.63) is 0 Å². The summed E-state index contributed by atoms with van der Waals surface area (Å²) >= 11 is 0. The molecule has 0 aromatic heterocycles. The number of hydrogen-bond acceptors (Lipinski definition) is 3. The van der Waals surface area contributed by atoms with Crippen LogP contribution < -0.4 is 11.1 Å². The summed E-state index contributed by atoms with van der Waals surface area (Å²) in [5.74, 6) is -0.637. The average Bonchev–Trinajstić information content (AvgIpc) is 2.25. The highest BCUT2D eigenvalue weighted by molar-refractivity contribution is 5.78. The summed E-state index contributed by atoms with van der Waals surface area (Å²) in [4.78, 5) is 13.2. The molecule has 1 amide bonds. The van der Waals surface area contributed by atoms with E-state index < -0.39 is 24.2 Å². The Bertz CT molecular complexity index is 267. The minimum atomic E-state index is -4.38. The molecule has 0 atom stereocenters. The summed E-state index contributed by atoms with van der Waals surface area (Å²) in [6.07, 6.45) is -3.58. The molecule has 0 aromatic rings. The Labute approximate surface area is 106 Å². The van der Waals surface area contributed by atoms with E-state index in [0.717, 1.165) is 6.42 Å². The van der Waals surface area contributed by atoms with Crippen molar-refractivity contribution in [1.29, 1.82) is 0 Å². The molecule has 0 radical (unpaired) electrons. The first-order valence-electron chi connectivity index (χ1n) is 5.91. The van der Waals surface area contributed by atoms with E-state index in [9.17, 15) is 18.0 Å². The van der Waals surface area contributed by atoms with Crippen LogP contribution in [0, 0.1) is 0 Å². The minimum absolute atomic E-state index is 0.0753. The fourth-order valence-electron chi connectivity index (χ4n) is 1.42. The Balaban J connectivity index is 4.37. The van der Waals surface area contributed by atoms with E-state index in [-0.39, 0.29) is 6.54 Å². The van der Waals surface area contributed by atoms with Crippen LogP contribution >= 0.6 is 0 Å². The Kier molecular flexibility index (Phi) is 6.62. The van der Waals surface area contributed by atoms with Crippen LogP contribution in [0.4, 0.5) is 13.2 Å². The van der Waals surface area contributed by atoms with E-state index in [0.29, 0.717) is 13.1 Å². The molecule has 0 fully saturated rings. The molecule has 0 saturated heterocycles. The average molecular weight is 269 g/mol. The van der Waals surface area contributed by atoms with Gasteiger partial charge in [0.2, 0.25) is 5.91 Å². The first-order chi connectivity index (χ1) is 8.12. The molecule has 108 valence electrons. The van der Waals surface area contributed by atoms with E-state index in [4.69, 9.17) is 5.73 Å². The highest BCUT2D eigenvalue weighted by Crippen LogP contribution is 2.14. The number of rotatable bonds is 7. The van der Waals surface area contributed by atoms with E-state index in [1.165, 1.54) is 0 Å². The van der Waals surface area contributed by atoms with Gasteiger partial charge in [0, 0.05) is 12.1 Å². The van der Waals surface area contributed by atoms with Crippen molar-refractivity contribution in [2.75, 3.05) is 26.2 Å². The van der Waals surface area contributed by atoms with Gasteiger partial charge >= 0.3 is 6.18 Å². The van der Waals surface area contributed by atoms with Crippen molar-refractivity contribution in [3.8, 4) is 0 Å². The van der Waals surface area contributed by atoms with Gasteiger partial charge in [-0.15, -0.1) is 0 Å². The van der Waals surface area contributed by atoms with Crippen LogP contribution in [-0.2, 0) is 4.79 Å². The predicted molar refractivity (Wildman–Crippen MR) is 64.1 cm³/mol. The van der Waals surface area contributed by atoms with Crippen molar-refractivity contribution in [1.82, 2.24) is 10.2 Å². The van der Waals surface area contributed by atoms with Gasteiger partial charge in [0.1, 0.15) is 6.54 Å². The van der Waals surface area contributed by atoms with Crippen LogP contribution in [0.1, 0.15) is 27.2 Å². The summed E-state index contributed by atoms with van der Waals surface area (Å²) in [6, 6.07) is 0. The second-order valence-electron chi connectivity index (χ2n) is 4.83. The third-order valence-corrected chi connectivity index (χ3v) is 2.67. The summed E-state index contributed by atoms with van der Waals surface area (Å²) in [6.45, 7) is 5.23. The lowest BCUT2D eigenvalue weighted by atomic mass is 10.0. The maximum Gasteiger partial charge on any atom is 0.405 e. The van der Waals surface area contributed by atoms with Crippen molar-refractivity contribution >= 4 is 5.91 Å². The number of nitrogens with two attached hydrogens (primary N) is 1. The fraction of sp³-hybridized carbons (Fsp3) is 0.909. The number of carbonyl (C=O) groups excluding carboxylic acids is 1.